The van der Waals surface area contributed by atoms with E-state index in [0.29, 0.717) is 24.4 Å². The molecule has 7 heteroatoms. The van der Waals surface area contributed by atoms with Crippen molar-refractivity contribution < 1.29 is 23.1 Å². The van der Waals surface area contributed by atoms with Gasteiger partial charge in [-0.3, -0.25) is 9.59 Å². The number of carbonyl (C=O) groups is 2. The first kappa shape index (κ1) is 19.9. The molecule has 28 heavy (non-hydrogen) atoms. The Morgan fingerprint density at radius 2 is 1.96 bits per heavy atom. The van der Waals surface area contributed by atoms with Crippen molar-refractivity contribution in [2.75, 3.05) is 18.5 Å². The topological polar surface area (TPSA) is 67.4 Å². The lowest BCUT2D eigenvalue weighted by atomic mass is 10.1. The highest BCUT2D eigenvalue weighted by Crippen LogP contribution is 2.17. The molecule has 1 heterocycles. The fourth-order valence-electron chi connectivity index (χ4n) is 3.09. The molecule has 0 radical (unpaired) electrons. The predicted molar refractivity (Wildman–Crippen MR) is 101 cm³/mol. The molecule has 148 valence electrons. The van der Waals surface area contributed by atoms with E-state index in [1.165, 1.54) is 0 Å². The van der Waals surface area contributed by atoms with Gasteiger partial charge in [0.15, 0.2) is 0 Å². The highest BCUT2D eigenvalue weighted by molar-refractivity contribution is 6.03. The Morgan fingerprint density at radius 1 is 1.14 bits per heavy atom. The van der Waals surface area contributed by atoms with E-state index in [2.05, 4.69) is 10.6 Å². The highest BCUT2D eigenvalue weighted by Gasteiger charge is 2.18. The van der Waals surface area contributed by atoms with Crippen molar-refractivity contribution in [2.24, 2.45) is 0 Å². The zero-order valence-electron chi connectivity index (χ0n) is 15.3. The standard InChI is InChI=1S/C21H22F2N2O3/c22-15-8-9-18(23)14(12-15)7-10-20(26)25-19-6-2-1-5-17(19)21(27)24-13-16-4-3-11-28-16/h1-2,5-6,8-9,12,16H,3-4,7,10-11,13H2,(H,24,27)(H,25,26). The first-order valence-corrected chi connectivity index (χ1v) is 9.25. The van der Waals surface area contributed by atoms with Crippen molar-refractivity contribution in [1.29, 1.82) is 0 Å². The Bertz CT molecular complexity index is 851. The molecule has 1 atom stereocenters. The molecule has 1 aliphatic rings. The van der Waals surface area contributed by atoms with Crippen LogP contribution in [0, 0.1) is 11.6 Å². The second-order valence-corrected chi connectivity index (χ2v) is 6.67. The zero-order chi connectivity index (χ0) is 19.9. The Labute approximate surface area is 162 Å². The van der Waals surface area contributed by atoms with Crippen molar-refractivity contribution >= 4 is 17.5 Å². The average Bonchev–Trinajstić information content (AvgIpc) is 3.21. The molecule has 3 rings (SSSR count). The molecule has 1 aliphatic heterocycles. The van der Waals surface area contributed by atoms with E-state index in [1.54, 1.807) is 24.3 Å². The highest BCUT2D eigenvalue weighted by atomic mass is 19.1. The number of ether oxygens (including phenoxy) is 1. The number of halogens is 2. The number of hydrogen-bond acceptors (Lipinski definition) is 3. The van der Waals surface area contributed by atoms with Crippen LogP contribution in [-0.2, 0) is 16.0 Å². The van der Waals surface area contributed by atoms with E-state index in [4.69, 9.17) is 4.74 Å². The minimum absolute atomic E-state index is 0.0202. The van der Waals surface area contributed by atoms with Crippen LogP contribution in [0.3, 0.4) is 0 Å². The van der Waals surface area contributed by atoms with Gasteiger partial charge >= 0.3 is 0 Å². The summed E-state index contributed by atoms with van der Waals surface area (Å²) in [6.45, 7) is 1.12. The van der Waals surface area contributed by atoms with Crippen LogP contribution in [0.15, 0.2) is 42.5 Å². The van der Waals surface area contributed by atoms with Gasteiger partial charge in [0, 0.05) is 19.6 Å². The summed E-state index contributed by atoms with van der Waals surface area (Å²) in [5.41, 5.74) is 0.848. The van der Waals surface area contributed by atoms with E-state index in [-0.39, 0.29) is 36.3 Å². The minimum Gasteiger partial charge on any atom is -0.376 e. The van der Waals surface area contributed by atoms with Gasteiger partial charge in [0.05, 0.1) is 17.4 Å². The number of anilines is 1. The molecule has 2 N–H and O–H groups in total. The molecule has 0 bridgehead atoms. The number of nitrogens with one attached hydrogen (secondary N) is 2. The summed E-state index contributed by atoms with van der Waals surface area (Å²) < 4.78 is 32.4. The van der Waals surface area contributed by atoms with Crippen LogP contribution >= 0.6 is 0 Å². The number of carbonyl (C=O) groups excluding carboxylic acids is 2. The van der Waals surface area contributed by atoms with E-state index >= 15 is 0 Å². The smallest absolute Gasteiger partial charge is 0.253 e. The third-order valence-corrected chi connectivity index (χ3v) is 4.59. The van der Waals surface area contributed by atoms with Gasteiger partial charge in [-0.15, -0.1) is 0 Å². The van der Waals surface area contributed by atoms with E-state index in [9.17, 15) is 18.4 Å². The maximum Gasteiger partial charge on any atom is 0.253 e. The lowest BCUT2D eigenvalue weighted by Gasteiger charge is -2.14. The Morgan fingerprint density at radius 3 is 2.75 bits per heavy atom. The van der Waals surface area contributed by atoms with Gasteiger partial charge < -0.3 is 15.4 Å². The zero-order valence-corrected chi connectivity index (χ0v) is 15.3. The maximum atomic E-state index is 13.7. The molecule has 5 nitrogen and oxygen atoms in total. The van der Waals surface area contributed by atoms with Gasteiger partial charge in [-0.25, -0.2) is 8.78 Å². The van der Waals surface area contributed by atoms with Crippen LogP contribution in [0.25, 0.3) is 0 Å². The lowest BCUT2D eigenvalue weighted by molar-refractivity contribution is -0.116. The molecular weight excluding hydrogens is 366 g/mol. The number of benzene rings is 2. The minimum atomic E-state index is -0.553. The molecule has 2 aromatic rings. The molecule has 2 aromatic carbocycles. The Hall–Kier alpha value is -2.80. The van der Waals surface area contributed by atoms with Crippen LogP contribution in [0.1, 0.15) is 35.2 Å². The van der Waals surface area contributed by atoms with Crippen molar-refractivity contribution in [3.63, 3.8) is 0 Å². The van der Waals surface area contributed by atoms with Crippen molar-refractivity contribution in [3.8, 4) is 0 Å². The SMILES string of the molecule is O=C(CCc1cc(F)ccc1F)Nc1ccccc1C(=O)NCC1CCCO1. The molecule has 0 aliphatic carbocycles. The fourth-order valence-corrected chi connectivity index (χ4v) is 3.09. The van der Waals surface area contributed by atoms with Gasteiger partial charge in [0.2, 0.25) is 5.91 Å². The van der Waals surface area contributed by atoms with E-state index in [1.807, 2.05) is 0 Å². The molecule has 1 fully saturated rings. The monoisotopic (exact) mass is 388 g/mol. The molecule has 1 unspecified atom stereocenters. The molecule has 0 aromatic heterocycles. The second kappa shape index (κ2) is 9.41. The second-order valence-electron chi connectivity index (χ2n) is 6.67. The summed E-state index contributed by atoms with van der Waals surface area (Å²) in [4.78, 5) is 24.7. The lowest BCUT2D eigenvalue weighted by Crippen LogP contribution is -2.32. The first-order chi connectivity index (χ1) is 13.5. The predicted octanol–water partition coefficient (Wildman–Crippen LogP) is 3.44. The largest absolute Gasteiger partial charge is 0.376 e. The van der Waals surface area contributed by atoms with Crippen LogP contribution in [0.2, 0.25) is 0 Å². The third-order valence-electron chi connectivity index (χ3n) is 4.59. The van der Waals surface area contributed by atoms with Crippen LogP contribution in [0.5, 0.6) is 0 Å². The first-order valence-electron chi connectivity index (χ1n) is 9.25. The fraction of sp³-hybridized carbons (Fsp3) is 0.333. The third kappa shape index (κ3) is 5.36. The van der Waals surface area contributed by atoms with Crippen LogP contribution < -0.4 is 10.6 Å². The van der Waals surface area contributed by atoms with Gasteiger partial charge in [0.1, 0.15) is 11.6 Å². The quantitative estimate of drug-likeness (QED) is 0.764. The van der Waals surface area contributed by atoms with Crippen molar-refractivity contribution in [1.82, 2.24) is 5.32 Å². The normalized spacial score (nSPS) is 16.0. The van der Waals surface area contributed by atoms with Gasteiger partial charge in [-0.2, -0.15) is 0 Å². The summed E-state index contributed by atoms with van der Waals surface area (Å²) in [5, 5.41) is 5.50. The average molecular weight is 388 g/mol. The summed E-state index contributed by atoms with van der Waals surface area (Å²) in [6.07, 6.45) is 1.94. The molecule has 0 saturated carbocycles. The van der Waals surface area contributed by atoms with Crippen LogP contribution in [0.4, 0.5) is 14.5 Å². The van der Waals surface area contributed by atoms with E-state index in [0.717, 1.165) is 31.0 Å². The number of rotatable bonds is 7. The molecule has 2 amide bonds. The summed E-state index contributed by atoms with van der Waals surface area (Å²) in [7, 11) is 0. The van der Waals surface area contributed by atoms with Gasteiger partial charge in [-0.05, 0) is 55.2 Å². The number of amides is 2. The van der Waals surface area contributed by atoms with Crippen molar-refractivity contribution in [3.05, 3.63) is 65.2 Å². The molecular formula is C21H22F2N2O3. The summed E-state index contributed by atoms with van der Waals surface area (Å²) in [6, 6.07) is 9.81. The van der Waals surface area contributed by atoms with E-state index < -0.39 is 11.6 Å². The number of aryl methyl sites for hydroxylation is 1. The van der Waals surface area contributed by atoms with Crippen molar-refractivity contribution in [2.45, 2.75) is 31.8 Å². The number of para-hydroxylation sites is 1. The summed E-state index contributed by atoms with van der Waals surface area (Å²) in [5.74, 6) is -1.79. The Kier molecular flexibility index (Phi) is 6.71. The summed E-state index contributed by atoms with van der Waals surface area (Å²) >= 11 is 0. The van der Waals surface area contributed by atoms with Gasteiger partial charge in [-0.1, -0.05) is 12.1 Å². The van der Waals surface area contributed by atoms with Crippen LogP contribution in [-0.4, -0.2) is 31.1 Å². The maximum absolute atomic E-state index is 13.7. The Balaban J connectivity index is 1.58. The van der Waals surface area contributed by atoms with Gasteiger partial charge in [0.25, 0.3) is 5.91 Å². The number of hydrogen-bond donors (Lipinski definition) is 2. The molecule has 0 spiro atoms. The molecule has 1 saturated heterocycles.